The molecule has 3 heterocycles. The zero-order valence-corrected chi connectivity index (χ0v) is 15.2. The van der Waals surface area contributed by atoms with Gasteiger partial charge in [-0.15, -0.1) is 0 Å². The Labute approximate surface area is 147 Å². The second kappa shape index (κ2) is 5.79. The number of imidazole rings is 1. The lowest BCUT2D eigenvalue weighted by molar-refractivity contribution is -0.159. The number of nitrogens with zero attached hydrogens (tertiary/aromatic N) is 5. The molecule has 11 heteroatoms. The summed E-state index contributed by atoms with van der Waals surface area (Å²) in [7, 11) is -2.54. The van der Waals surface area contributed by atoms with Gasteiger partial charge in [0.15, 0.2) is 5.82 Å². The normalized spacial score (nSPS) is 15.2. The van der Waals surface area contributed by atoms with E-state index < -0.39 is 26.5 Å². The Morgan fingerprint density at radius 2 is 1.92 bits per heavy atom. The van der Waals surface area contributed by atoms with Crippen LogP contribution in [0.3, 0.4) is 0 Å². The number of hydrogen-bond acceptors (Lipinski definition) is 6. The number of halogens is 3. The molecule has 0 aliphatic carbocycles. The molecule has 0 saturated carbocycles. The van der Waals surface area contributed by atoms with Crippen molar-refractivity contribution in [2.24, 2.45) is 4.36 Å². The second-order valence-electron chi connectivity index (χ2n) is 6.71. The first-order valence-electron chi connectivity index (χ1n) is 7.48. The van der Waals surface area contributed by atoms with Gasteiger partial charge >= 0.3 is 12.1 Å². The monoisotopic (exact) mass is 387 g/mol. The fraction of sp³-hybridized carbons (Fsp3) is 0.400. The SMILES string of the molecule is CC(C)(C)S(C)(=O)=Nc1cn2ccc(-c3noc(C(F)(F)F)n3)cc2n1. The molecule has 0 aromatic carbocycles. The number of pyridine rings is 1. The highest BCUT2D eigenvalue weighted by Gasteiger charge is 2.38. The van der Waals surface area contributed by atoms with Gasteiger partial charge in [0.25, 0.3) is 0 Å². The Balaban J connectivity index is 2.02. The second-order valence-corrected chi connectivity index (χ2v) is 9.72. The molecule has 0 aliphatic heterocycles. The Bertz CT molecular complexity index is 1080. The molecule has 0 spiro atoms. The third kappa shape index (κ3) is 3.43. The first-order valence-corrected chi connectivity index (χ1v) is 9.41. The van der Waals surface area contributed by atoms with Crippen molar-refractivity contribution in [2.75, 3.05) is 6.26 Å². The van der Waals surface area contributed by atoms with Gasteiger partial charge in [-0.1, -0.05) is 5.16 Å². The van der Waals surface area contributed by atoms with Crippen molar-refractivity contribution >= 4 is 21.2 Å². The average Bonchev–Trinajstić information content (AvgIpc) is 3.10. The Morgan fingerprint density at radius 1 is 1.23 bits per heavy atom. The molecule has 140 valence electrons. The van der Waals surface area contributed by atoms with E-state index in [-0.39, 0.29) is 11.6 Å². The summed E-state index contributed by atoms with van der Waals surface area (Å²) >= 11 is 0. The maximum absolute atomic E-state index is 12.7. The van der Waals surface area contributed by atoms with Crippen molar-refractivity contribution in [1.82, 2.24) is 19.5 Å². The van der Waals surface area contributed by atoms with Crippen LogP contribution in [0.25, 0.3) is 17.0 Å². The van der Waals surface area contributed by atoms with Crippen LogP contribution in [0.4, 0.5) is 19.0 Å². The van der Waals surface area contributed by atoms with Crippen molar-refractivity contribution in [3.63, 3.8) is 0 Å². The molecule has 0 radical (unpaired) electrons. The van der Waals surface area contributed by atoms with Crippen molar-refractivity contribution in [3.05, 3.63) is 30.4 Å². The van der Waals surface area contributed by atoms with Crippen LogP contribution in [0.15, 0.2) is 33.4 Å². The van der Waals surface area contributed by atoms with Crippen molar-refractivity contribution in [3.8, 4) is 11.4 Å². The van der Waals surface area contributed by atoms with E-state index in [4.69, 9.17) is 0 Å². The maximum Gasteiger partial charge on any atom is 0.471 e. The lowest BCUT2D eigenvalue weighted by Gasteiger charge is -2.19. The minimum absolute atomic E-state index is 0.199. The van der Waals surface area contributed by atoms with Gasteiger partial charge in [0, 0.05) is 22.8 Å². The van der Waals surface area contributed by atoms with Crippen molar-refractivity contribution in [1.29, 1.82) is 0 Å². The van der Waals surface area contributed by atoms with E-state index in [1.54, 1.807) is 23.1 Å². The molecule has 1 atom stereocenters. The van der Waals surface area contributed by atoms with E-state index in [1.165, 1.54) is 12.1 Å². The first kappa shape index (κ1) is 18.4. The lowest BCUT2D eigenvalue weighted by Crippen LogP contribution is -2.25. The molecule has 3 aromatic heterocycles. The van der Waals surface area contributed by atoms with Gasteiger partial charge in [0.2, 0.25) is 5.82 Å². The molecule has 1 unspecified atom stereocenters. The van der Waals surface area contributed by atoms with Crippen LogP contribution in [0, 0.1) is 0 Å². The van der Waals surface area contributed by atoms with E-state index >= 15 is 0 Å². The fourth-order valence-corrected chi connectivity index (χ4v) is 2.64. The molecule has 7 nitrogen and oxygen atoms in total. The van der Waals surface area contributed by atoms with Crippen LogP contribution in [0.2, 0.25) is 0 Å². The summed E-state index contributed by atoms with van der Waals surface area (Å²) in [4.78, 5) is 7.61. The van der Waals surface area contributed by atoms with E-state index in [9.17, 15) is 17.4 Å². The predicted molar refractivity (Wildman–Crippen MR) is 89.4 cm³/mol. The average molecular weight is 387 g/mol. The molecule has 0 bridgehead atoms. The molecule has 0 saturated heterocycles. The van der Waals surface area contributed by atoms with E-state index in [0.717, 1.165) is 0 Å². The zero-order chi connectivity index (χ0) is 19.3. The summed E-state index contributed by atoms with van der Waals surface area (Å²) in [6.45, 7) is 5.46. The predicted octanol–water partition coefficient (Wildman–Crippen LogP) is 3.93. The van der Waals surface area contributed by atoms with Crippen molar-refractivity contribution in [2.45, 2.75) is 31.7 Å². The Morgan fingerprint density at radius 3 is 2.50 bits per heavy atom. The third-order valence-corrected chi connectivity index (χ3v) is 6.59. The van der Waals surface area contributed by atoms with E-state index in [1.807, 2.05) is 20.8 Å². The number of alkyl halides is 3. The molecular weight excluding hydrogens is 371 g/mol. The van der Waals surface area contributed by atoms with Gasteiger partial charge in [-0.05, 0) is 32.9 Å². The van der Waals surface area contributed by atoms with Crippen LogP contribution in [-0.4, -0.2) is 34.7 Å². The minimum Gasteiger partial charge on any atom is -0.329 e. The molecule has 0 amide bonds. The maximum atomic E-state index is 12.7. The standard InChI is InChI=1S/C15H16F3N5O2S/c1-14(2,3)26(4,24)22-10-8-23-6-5-9(7-11(23)19-10)12-20-13(25-21-12)15(16,17)18/h5-8H,1-4H3. The first-order chi connectivity index (χ1) is 11.9. The lowest BCUT2D eigenvalue weighted by atomic mass is 10.2. The third-order valence-electron chi connectivity index (χ3n) is 3.78. The minimum atomic E-state index is -4.71. The molecular formula is C15H16F3N5O2S. The Hall–Kier alpha value is -2.43. The van der Waals surface area contributed by atoms with Gasteiger partial charge in [-0.3, -0.25) is 0 Å². The van der Waals surface area contributed by atoms with Gasteiger partial charge in [0.05, 0.1) is 15.9 Å². The summed E-state index contributed by atoms with van der Waals surface area (Å²) in [6, 6.07) is 3.02. The molecule has 26 heavy (non-hydrogen) atoms. The summed E-state index contributed by atoms with van der Waals surface area (Å²) in [6.07, 6.45) is 0.0175. The highest BCUT2D eigenvalue weighted by molar-refractivity contribution is 7.94. The summed E-state index contributed by atoms with van der Waals surface area (Å²) < 4.78 is 60.0. The highest BCUT2D eigenvalue weighted by Crippen LogP contribution is 2.30. The van der Waals surface area contributed by atoms with Crippen LogP contribution < -0.4 is 0 Å². The largest absolute Gasteiger partial charge is 0.471 e. The molecule has 0 fully saturated rings. The number of aromatic nitrogens is 4. The molecule has 3 aromatic rings. The van der Waals surface area contributed by atoms with Crippen molar-refractivity contribution < 1.29 is 21.9 Å². The smallest absolute Gasteiger partial charge is 0.329 e. The van der Waals surface area contributed by atoms with Gasteiger partial charge in [-0.2, -0.15) is 22.5 Å². The van der Waals surface area contributed by atoms with Crippen LogP contribution in [-0.2, 0) is 15.9 Å². The van der Waals surface area contributed by atoms with Gasteiger partial charge in [0.1, 0.15) is 5.65 Å². The number of rotatable bonds is 2. The quantitative estimate of drug-likeness (QED) is 0.665. The highest BCUT2D eigenvalue weighted by atomic mass is 32.2. The van der Waals surface area contributed by atoms with E-state index in [2.05, 4.69) is 24.0 Å². The van der Waals surface area contributed by atoms with Crippen LogP contribution >= 0.6 is 0 Å². The zero-order valence-electron chi connectivity index (χ0n) is 14.4. The molecule has 0 N–H and O–H groups in total. The number of hydrogen-bond donors (Lipinski definition) is 0. The van der Waals surface area contributed by atoms with E-state index in [0.29, 0.717) is 11.2 Å². The topological polar surface area (TPSA) is 85.7 Å². The van der Waals surface area contributed by atoms with Crippen LogP contribution in [0.5, 0.6) is 0 Å². The fourth-order valence-electron chi connectivity index (χ4n) is 1.92. The molecule has 3 rings (SSSR count). The van der Waals surface area contributed by atoms with Gasteiger partial charge < -0.3 is 8.92 Å². The summed E-state index contributed by atoms with van der Waals surface area (Å²) in [5.74, 6) is -1.34. The summed E-state index contributed by atoms with van der Waals surface area (Å²) in [5, 5.41) is 3.35. The summed E-state index contributed by atoms with van der Waals surface area (Å²) in [5.41, 5.74) is 0.714. The van der Waals surface area contributed by atoms with Gasteiger partial charge in [-0.25, -0.2) is 9.19 Å². The molecule has 0 aliphatic rings. The van der Waals surface area contributed by atoms with Crippen LogP contribution in [0.1, 0.15) is 26.7 Å². The number of fused-ring (bicyclic) bond motifs is 1. The Kier molecular flexibility index (Phi) is 4.09.